The highest BCUT2D eigenvalue weighted by molar-refractivity contribution is 5.89. The minimum atomic E-state index is -0.0700. The number of anilines is 1. The summed E-state index contributed by atoms with van der Waals surface area (Å²) in [4.78, 5) is 21.4. The summed E-state index contributed by atoms with van der Waals surface area (Å²) in [5.74, 6) is 2.08. The predicted molar refractivity (Wildman–Crippen MR) is 106 cm³/mol. The van der Waals surface area contributed by atoms with Gasteiger partial charge in [0.05, 0.1) is 7.11 Å². The molecule has 2 heterocycles. The van der Waals surface area contributed by atoms with Crippen molar-refractivity contribution in [2.45, 2.75) is 25.3 Å². The lowest BCUT2D eigenvalue weighted by Crippen LogP contribution is -2.42. The number of carbonyl (C=O) groups excluding carboxylic acids is 1. The van der Waals surface area contributed by atoms with Gasteiger partial charge in [-0.2, -0.15) is 0 Å². The fourth-order valence-electron chi connectivity index (χ4n) is 3.45. The molecule has 2 amide bonds. The van der Waals surface area contributed by atoms with Crippen LogP contribution < -0.4 is 10.1 Å². The molecular weight excluding hydrogens is 342 g/mol. The molecule has 7 nitrogen and oxygen atoms in total. The molecule has 146 valence electrons. The second-order valence-corrected chi connectivity index (χ2v) is 7.23. The Hall–Kier alpha value is -2.54. The Morgan fingerprint density at radius 2 is 2.26 bits per heavy atom. The lowest BCUT2D eigenvalue weighted by Gasteiger charge is -2.32. The summed E-state index contributed by atoms with van der Waals surface area (Å²) in [6.45, 7) is 3.34. The van der Waals surface area contributed by atoms with Crippen LogP contribution >= 0.6 is 0 Å². The van der Waals surface area contributed by atoms with Crippen LogP contribution in [0, 0.1) is 0 Å². The SMILES string of the molecule is COc1cccc(NC(=O)N2CCC[C@@H](c3nccn3CCN(C)C)C2)c1. The molecule has 27 heavy (non-hydrogen) atoms. The average molecular weight is 371 g/mol. The molecule has 2 aromatic rings. The van der Waals surface area contributed by atoms with Crippen molar-refractivity contribution in [3.63, 3.8) is 0 Å². The van der Waals surface area contributed by atoms with Gasteiger partial charge in [0.25, 0.3) is 0 Å². The van der Waals surface area contributed by atoms with Crippen LogP contribution in [0.15, 0.2) is 36.7 Å². The number of likely N-dealkylation sites (tertiary alicyclic amines) is 1. The highest BCUT2D eigenvalue weighted by atomic mass is 16.5. The minimum absolute atomic E-state index is 0.0700. The molecule has 0 radical (unpaired) electrons. The number of likely N-dealkylation sites (N-methyl/N-ethyl adjacent to an activating group) is 1. The van der Waals surface area contributed by atoms with E-state index in [0.717, 1.165) is 49.7 Å². The zero-order valence-corrected chi connectivity index (χ0v) is 16.4. The average Bonchev–Trinajstić information content (AvgIpc) is 3.15. The van der Waals surface area contributed by atoms with Crippen molar-refractivity contribution in [3.05, 3.63) is 42.5 Å². The van der Waals surface area contributed by atoms with Crippen LogP contribution in [0.5, 0.6) is 5.75 Å². The topological polar surface area (TPSA) is 62.6 Å². The van der Waals surface area contributed by atoms with Crippen LogP contribution in [-0.4, -0.2) is 66.2 Å². The van der Waals surface area contributed by atoms with Gasteiger partial charge in [-0.25, -0.2) is 9.78 Å². The molecule has 1 aliphatic rings. The molecule has 1 fully saturated rings. The molecule has 0 bridgehead atoms. The van der Waals surface area contributed by atoms with Crippen LogP contribution in [0.2, 0.25) is 0 Å². The molecule has 0 spiro atoms. The van der Waals surface area contributed by atoms with Crippen LogP contribution in [0.4, 0.5) is 10.5 Å². The van der Waals surface area contributed by atoms with E-state index in [9.17, 15) is 4.79 Å². The monoisotopic (exact) mass is 371 g/mol. The van der Waals surface area contributed by atoms with Crippen molar-refractivity contribution in [1.29, 1.82) is 0 Å². The third-order valence-electron chi connectivity index (χ3n) is 4.93. The number of nitrogens with one attached hydrogen (secondary N) is 1. The Labute approximate surface area is 160 Å². The summed E-state index contributed by atoms with van der Waals surface area (Å²) in [5.41, 5.74) is 0.744. The summed E-state index contributed by atoms with van der Waals surface area (Å²) in [5, 5.41) is 2.98. The first-order valence-corrected chi connectivity index (χ1v) is 9.42. The van der Waals surface area contributed by atoms with Crippen LogP contribution in [0.3, 0.4) is 0 Å². The maximum atomic E-state index is 12.7. The molecule has 1 aromatic heterocycles. The Kier molecular flexibility index (Phi) is 6.34. The molecule has 1 aliphatic heterocycles. The van der Waals surface area contributed by atoms with Gasteiger partial charge in [0.2, 0.25) is 0 Å². The van der Waals surface area contributed by atoms with Crippen LogP contribution in [-0.2, 0) is 6.54 Å². The number of ether oxygens (including phenoxy) is 1. The number of rotatable bonds is 6. The maximum absolute atomic E-state index is 12.7. The van der Waals surface area contributed by atoms with Gasteiger partial charge < -0.3 is 24.4 Å². The van der Waals surface area contributed by atoms with E-state index in [2.05, 4.69) is 33.9 Å². The van der Waals surface area contributed by atoms with Crippen LogP contribution in [0.1, 0.15) is 24.6 Å². The number of urea groups is 1. The van der Waals surface area contributed by atoms with E-state index in [1.54, 1.807) is 7.11 Å². The van der Waals surface area contributed by atoms with Crippen molar-refractivity contribution in [3.8, 4) is 5.75 Å². The standard InChI is InChI=1S/C20H29N5O2/c1-23(2)12-13-24-11-9-21-19(24)16-6-5-10-25(15-16)20(26)22-17-7-4-8-18(14-17)27-3/h4,7-9,11,14,16H,5-6,10,12-13,15H2,1-3H3,(H,22,26)/t16-/m1/s1. The largest absolute Gasteiger partial charge is 0.497 e. The number of hydrogen-bond acceptors (Lipinski definition) is 4. The predicted octanol–water partition coefficient (Wildman–Crippen LogP) is 2.86. The lowest BCUT2D eigenvalue weighted by atomic mass is 9.97. The quantitative estimate of drug-likeness (QED) is 0.848. The number of aromatic nitrogens is 2. The Balaban J connectivity index is 1.64. The number of imidazole rings is 1. The number of carbonyl (C=O) groups is 1. The fourth-order valence-corrected chi connectivity index (χ4v) is 3.45. The third kappa shape index (κ3) is 5.01. The van der Waals surface area contributed by atoms with Gasteiger partial charge in [0.1, 0.15) is 11.6 Å². The van der Waals surface area contributed by atoms with E-state index in [4.69, 9.17) is 4.74 Å². The normalized spacial score (nSPS) is 17.2. The van der Waals surface area contributed by atoms with Gasteiger partial charge in [-0.15, -0.1) is 0 Å². The molecule has 0 aliphatic carbocycles. The lowest BCUT2D eigenvalue weighted by molar-refractivity contribution is 0.190. The van der Waals surface area contributed by atoms with Gasteiger partial charge >= 0.3 is 6.03 Å². The zero-order chi connectivity index (χ0) is 19.2. The van der Waals surface area contributed by atoms with E-state index < -0.39 is 0 Å². The molecule has 1 saturated heterocycles. The highest BCUT2D eigenvalue weighted by Crippen LogP contribution is 2.26. The Bertz CT molecular complexity index is 758. The molecular formula is C20H29N5O2. The van der Waals surface area contributed by atoms with Gasteiger partial charge in [0.15, 0.2) is 0 Å². The second kappa shape index (κ2) is 8.90. The number of methoxy groups -OCH3 is 1. The Morgan fingerprint density at radius 1 is 1.41 bits per heavy atom. The number of nitrogens with zero attached hydrogens (tertiary/aromatic N) is 4. The highest BCUT2D eigenvalue weighted by Gasteiger charge is 2.27. The molecule has 1 N–H and O–H groups in total. The molecule has 0 unspecified atom stereocenters. The van der Waals surface area contributed by atoms with Gasteiger partial charge in [-0.05, 0) is 39.1 Å². The maximum Gasteiger partial charge on any atom is 0.321 e. The summed E-state index contributed by atoms with van der Waals surface area (Å²) < 4.78 is 7.44. The molecule has 7 heteroatoms. The number of benzene rings is 1. The van der Waals surface area contributed by atoms with Gasteiger partial charge in [-0.1, -0.05) is 6.07 Å². The number of hydrogen-bond donors (Lipinski definition) is 1. The zero-order valence-electron chi connectivity index (χ0n) is 16.4. The Morgan fingerprint density at radius 3 is 3.04 bits per heavy atom. The van der Waals surface area contributed by atoms with Crippen LogP contribution in [0.25, 0.3) is 0 Å². The minimum Gasteiger partial charge on any atom is -0.497 e. The van der Waals surface area contributed by atoms with Gasteiger partial charge in [-0.3, -0.25) is 0 Å². The van der Waals surface area contributed by atoms with E-state index in [-0.39, 0.29) is 11.9 Å². The van der Waals surface area contributed by atoms with Crippen molar-refractivity contribution >= 4 is 11.7 Å². The molecule has 3 rings (SSSR count). The summed E-state index contributed by atoms with van der Waals surface area (Å²) in [6, 6.07) is 7.36. The fraction of sp³-hybridized carbons (Fsp3) is 0.500. The van der Waals surface area contributed by atoms with E-state index in [1.807, 2.05) is 41.6 Å². The van der Waals surface area contributed by atoms with E-state index in [0.29, 0.717) is 6.54 Å². The first-order valence-electron chi connectivity index (χ1n) is 9.42. The van der Waals surface area contributed by atoms with Gasteiger partial charge in [0, 0.05) is 56.2 Å². The second-order valence-electron chi connectivity index (χ2n) is 7.23. The first kappa shape index (κ1) is 19.2. The summed E-state index contributed by atoms with van der Waals surface area (Å²) in [7, 11) is 5.76. The van der Waals surface area contributed by atoms with Crippen molar-refractivity contribution in [2.75, 3.05) is 46.2 Å². The number of piperidine rings is 1. The van der Waals surface area contributed by atoms with Crippen molar-refractivity contribution in [1.82, 2.24) is 19.4 Å². The number of amides is 2. The third-order valence-corrected chi connectivity index (χ3v) is 4.93. The summed E-state index contributed by atoms with van der Waals surface area (Å²) in [6.07, 6.45) is 5.94. The van der Waals surface area contributed by atoms with Crippen molar-refractivity contribution < 1.29 is 9.53 Å². The smallest absolute Gasteiger partial charge is 0.321 e. The summed E-state index contributed by atoms with van der Waals surface area (Å²) >= 11 is 0. The first-order chi connectivity index (χ1) is 13.1. The molecule has 1 atom stereocenters. The van der Waals surface area contributed by atoms with Crippen molar-refractivity contribution in [2.24, 2.45) is 0 Å². The van der Waals surface area contributed by atoms with E-state index >= 15 is 0 Å². The van der Waals surface area contributed by atoms with E-state index in [1.165, 1.54) is 0 Å². The molecule has 1 aromatic carbocycles. The molecule has 0 saturated carbocycles.